The molecule has 0 aliphatic carbocycles. The molecule has 0 aromatic carbocycles. The van der Waals surface area contributed by atoms with Gasteiger partial charge in [-0.05, 0) is 13.0 Å². The maximum atomic E-state index is 5.64. The number of rotatable bonds is 0. The zero-order valence-electron chi connectivity index (χ0n) is 5.36. The lowest BCUT2D eigenvalue weighted by molar-refractivity contribution is 1.27. The molecule has 1 aromatic rings. The first-order valence-electron chi connectivity index (χ1n) is 2.69. The van der Waals surface area contributed by atoms with Gasteiger partial charge in [-0.25, -0.2) is 4.98 Å². The summed E-state index contributed by atoms with van der Waals surface area (Å²) in [5.74, 6) is 0. The van der Waals surface area contributed by atoms with Gasteiger partial charge < -0.3 is 5.73 Å². The van der Waals surface area contributed by atoms with Crippen molar-refractivity contribution in [2.45, 2.75) is 6.92 Å². The van der Waals surface area contributed by atoms with Crippen molar-refractivity contribution < 1.29 is 0 Å². The SMILES string of the molecule is Cc1c(N)cc(Cl)nc1Cl. The molecule has 0 spiro atoms. The Kier molecular flexibility index (Phi) is 2.02. The van der Waals surface area contributed by atoms with Crippen LogP contribution in [0.5, 0.6) is 0 Å². The Labute approximate surface area is 69.0 Å². The standard InChI is InChI=1S/C6H6Cl2N2/c1-3-4(9)2-5(7)10-6(3)8/h2H,1H3,(H2,9,10). The molecule has 1 rings (SSSR count). The van der Waals surface area contributed by atoms with Gasteiger partial charge in [-0.2, -0.15) is 0 Å². The summed E-state index contributed by atoms with van der Waals surface area (Å²) in [7, 11) is 0. The second-order valence-corrected chi connectivity index (χ2v) is 2.70. The van der Waals surface area contributed by atoms with Crippen molar-refractivity contribution in [3.63, 3.8) is 0 Å². The van der Waals surface area contributed by atoms with Crippen LogP contribution >= 0.6 is 23.2 Å². The number of hydrogen-bond donors (Lipinski definition) is 1. The molecule has 2 N–H and O–H groups in total. The van der Waals surface area contributed by atoms with Gasteiger partial charge in [0.25, 0.3) is 0 Å². The van der Waals surface area contributed by atoms with Crippen molar-refractivity contribution in [2.24, 2.45) is 0 Å². The zero-order valence-corrected chi connectivity index (χ0v) is 6.87. The van der Waals surface area contributed by atoms with Crippen LogP contribution < -0.4 is 5.73 Å². The van der Waals surface area contributed by atoms with Crippen molar-refractivity contribution in [2.75, 3.05) is 5.73 Å². The fourth-order valence-corrected chi connectivity index (χ4v) is 1.01. The van der Waals surface area contributed by atoms with Gasteiger partial charge in [-0.3, -0.25) is 0 Å². The van der Waals surface area contributed by atoms with Crippen molar-refractivity contribution in [1.29, 1.82) is 0 Å². The van der Waals surface area contributed by atoms with E-state index in [1.54, 1.807) is 13.0 Å². The van der Waals surface area contributed by atoms with E-state index in [0.717, 1.165) is 5.56 Å². The fraction of sp³-hybridized carbons (Fsp3) is 0.167. The van der Waals surface area contributed by atoms with Gasteiger partial charge in [0.1, 0.15) is 10.3 Å². The first-order chi connectivity index (χ1) is 4.61. The molecule has 0 aliphatic heterocycles. The molecule has 0 saturated carbocycles. The summed E-state index contributed by atoms with van der Waals surface area (Å²) in [5, 5.41) is 0.693. The minimum atomic E-state index is 0.327. The quantitative estimate of drug-likeness (QED) is 0.617. The van der Waals surface area contributed by atoms with E-state index in [2.05, 4.69) is 4.98 Å². The van der Waals surface area contributed by atoms with Crippen molar-refractivity contribution in [1.82, 2.24) is 4.98 Å². The van der Waals surface area contributed by atoms with Crippen LogP contribution in [0.2, 0.25) is 10.3 Å². The Morgan fingerprint density at radius 1 is 1.50 bits per heavy atom. The van der Waals surface area contributed by atoms with E-state index in [9.17, 15) is 0 Å². The topological polar surface area (TPSA) is 38.9 Å². The second kappa shape index (κ2) is 2.64. The van der Waals surface area contributed by atoms with Gasteiger partial charge in [0.05, 0.1) is 0 Å². The Morgan fingerprint density at radius 2 is 2.10 bits per heavy atom. The van der Waals surface area contributed by atoms with Crippen LogP contribution in [-0.4, -0.2) is 4.98 Å². The molecular weight excluding hydrogens is 171 g/mol. The molecule has 1 heterocycles. The first kappa shape index (κ1) is 7.63. The number of aromatic nitrogens is 1. The highest BCUT2D eigenvalue weighted by Crippen LogP contribution is 2.21. The van der Waals surface area contributed by atoms with E-state index < -0.39 is 0 Å². The average Bonchev–Trinajstić information content (AvgIpc) is 1.82. The van der Waals surface area contributed by atoms with Gasteiger partial charge in [-0.1, -0.05) is 23.2 Å². The number of halogens is 2. The van der Waals surface area contributed by atoms with Crippen LogP contribution in [0.4, 0.5) is 5.69 Å². The molecule has 0 fully saturated rings. The van der Waals surface area contributed by atoms with Gasteiger partial charge in [0.15, 0.2) is 0 Å². The van der Waals surface area contributed by atoms with Crippen LogP contribution in [0, 0.1) is 6.92 Å². The highest BCUT2D eigenvalue weighted by atomic mass is 35.5. The van der Waals surface area contributed by atoms with Gasteiger partial charge in [-0.15, -0.1) is 0 Å². The summed E-state index contributed by atoms with van der Waals surface area (Å²) in [5.41, 5.74) is 6.86. The smallest absolute Gasteiger partial charge is 0.135 e. The number of nitrogen functional groups attached to an aromatic ring is 1. The predicted molar refractivity (Wildman–Crippen MR) is 43.4 cm³/mol. The Hall–Kier alpha value is -0.470. The number of anilines is 1. The zero-order chi connectivity index (χ0) is 7.72. The molecule has 1 aromatic heterocycles. The van der Waals surface area contributed by atoms with E-state index in [1.807, 2.05) is 0 Å². The molecule has 54 valence electrons. The lowest BCUT2D eigenvalue weighted by Gasteiger charge is -2.00. The Morgan fingerprint density at radius 3 is 2.60 bits per heavy atom. The highest BCUT2D eigenvalue weighted by molar-refractivity contribution is 6.33. The van der Waals surface area contributed by atoms with Gasteiger partial charge in [0, 0.05) is 11.3 Å². The third kappa shape index (κ3) is 1.33. The van der Waals surface area contributed by atoms with Crippen LogP contribution in [0.25, 0.3) is 0 Å². The van der Waals surface area contributed by atoms with Crippen molar-refractivity contribution in [3.05, 3.63) is 21.9 Å². The number of nitrogens with two attached hydrogens (primary N) is 1. The van der Waals surface area contributed by atoms with Crippen molar-refractivity contribution in [3.8, 4) is 0 Å². The summed E-state index contributed by atoms with van der Waals surface area (Å²) in [4.78, 5) is 3.78. The van der Waals surface area contributed by atoms with Crippen LogP contribution in [0.3, 0.4) is 0 Å². The fourth-order valence-electron chi connectivity index (χ4n) is 0.566. The van der Waals surface area contributed by atoms with Crippen LogP contribution in [-0.2, 0) is 0 Å². The molecule has 0 atom stereocenters. The molecule has 0 radical (unpaired) electrons. The summed E-state index contributed by atoms with van der Waals surface area (Å²) in [6.07, 6.45) is 0. The molecule has 10 heavy (non-hydrogen) atoms. The van der Waals surface area contributed by atoms with E-state index in [0.29, 0.717) is 16.0 Å². The minimum Gasteiger partial charge on any atom is -0.398 e. The predicted octanol–water partition coefficient (Wildman–Crippen LogP) is 2.28. The first-order valence-corrected chi connectivity index (χ1v) is 3.45. The second-order valence-electron chi connectivity index (χ2n) is 1.95. The Bertz CT molecular complexity index is 237. The average molecular weight is 177 g/mol. The molecule has 0 saturated heterocycles. The van der Waals surface area contributed by atoms with E-state index in [1.165, 1.54) is 0 Å². The number of hydrogen-bond acceptors (Lipinski definition) is 2. The Balaban J connectivity index is 3.31. The van der Waals surface area contributed by atoms with Crippen LogP contribution in [0.1, 0.15) is 5.56 Å². The maximum Gasteiger partial charge on any atom is 0.135 e. The summed E-state index contributed by atoms with van der Waals surface area (Å²) >= 11 is 11.2. The maximum absolute atomic E-state index is 5.64. The largest absolute Gasteiger partial charge is 0.398 e. The minimum absolute atomic E-state index is 0.327. The summed E-state index contributed by atoms with van der Waals surface area (Å²) < 4.78 is 0. The summed E-state index contributed by atoms with van der Waals surface area (Å²) in [6, 6.07) is 1.57. The molecule has 4 heteroatoms. The molecular formula is C6H6Cl2N2. The van der Waals surface area contributed by atoms with Crippen LogP contribution in [0.15, 0.2) is 6.07 Å². The molecule has 0 unspecified atom stereocenters. The monoisotopic (exact) mass is 176 g/mol. The van der Waals surface area contributed by atoms with E-state index >= 15 is 0 Å². The molecule has 2 nitrogen and oxygen atoms in total. The van der Waals surface area contributed by atoms with E-state index in [4.69, 9.17) is 28.9 Å². The van der Waals surface area contributed by atoms with E-state index in [-0.39, 0.29) is 0 Å². The summed E-state index contributed by atoms with van der Waals surface area (Å²) in [6.45, 7) is 1.79. The van der Waals surface area contributed by atoms with Gasteiger partial charge in [0.2, 0.25) is 0 Å². The highest BCUT2D eigenvalue weighted by Gasteiger charge is 2.01. The number of nitrogens with zero attached hydrogens (tertiary/aromatic N) is 1. The third-order valence-electron chi connectivity index (χ3n) is 1.22. The third-order valence-corrected chi connectivity index (χ3v) is 1.78. The lowest BCUT2D eigenvalue weighted by Crippen LogP contribution is -1.92. The number of pyridine rings is 1. The normalized spacial score (nSPS) is 9.90. The molecule has 0 aliphatic rings. The van der Waals surface area contributed by atoms with Crippen molar-refractivity contribution >= 4 is 28.9 Å². The van der Waals surface area contributed by atoms with Gasteiger partial charge >= 0.3 is 0 Å². The molecule has 0 amide bonds. The lowest BCUT2D eigenvalue weighted by atomic mass is 10.3. The molecule has 0 bridgehead atoms.